The first kappa shape index (κ1) is 25.8. The first-order valence-corrected chi connectivity index (χ1v) is 9.51. The van der Waals surface area contributed by atoms with E-state index < -0.39 is 54.2 Å². The van der Waals surface area contributed by atoms with E-state index in [2.05, 4.69) is 9.47 Å². The maximum Gasteiger partial charge on any atom is 0.511 e. The fraction of sp³-hybridized carbons (Fsp3) is 0.778. The lowest BCUT2D eigenvalue weighted by molar-refractivity contribution is -0.176. The molecule has 0 aromatic rings. The summed E-state index contributed by atoms with van der Waals surface area (Å²) in [5.41, 5.74) is 4.85. The second-order valence-corrected chi connectivity index (χ2v) is 6.87. The number of fused-ring (bicyclic) bond motifs is 1. The molecule has 30 heavy (non-hydrogen) atoms. The molecule has 172 valence electrons. The molecule has 2 aliphatic rings. The number of ether oxygens (including phenoxy) is 6. The Morgan fingerprint density at radius 1 is 0.933 bits per heavy atom. The minimum absolute atomic E-state index is 0. The highest BCUT2D eigenvalue weighted by molar-refractivity contribution is 5.87. The lowest BCUT2D eigenvalue weighted by Crippen LogP contribution is -2.51. The van der Waals surface area contributed by atoms with Gasteiger partial charge in [0, 0.05) is 19.8 Å². The lowest BCUT2D eigenvalue weighted by Gasteiger charge is -2.26. The molecule has 0 saturated heterocycles. The van der Waals surface area contributed by atoms with Gasteiger partial charge in [-0.3, -0.25) is 4.79 Å². The zero-order valence-electron chi connectivity index (χ0n) is 17.3. The smallest absolute Gasteiger partial charge is 0.435 e. The van der Waals surface area contributed by atoms with Crippen LogP contribution >= 0.6 is 12.4 Å². The molecule has 0 aliphatic heterocycles. The quantitative estimate of drug-likeness (QED) is 0.326. The molecule has 0 heterocycles. The van der Waals surface area contributed by atoms with Crippen molar-refractivity contribution in [2.45, 2.75) is 58.7 Å². The SMILES string of the molecule is CCOC(=O)OC(C)OC(=O)[C@H]1[C@@H]2CC[C@@](N)(C(=O)OC(C)OC(=O)OCC)[C@@H]21.Cl. The highest BCUT2D eigenvalue weighted by Gasteiger charge is 2.71. The summed E-state index contributed by atoms with van der Waals surface area (Å²) in [6, 6.07) is 0. The zero-order valence-corrected chi connectivity index (χ0v) is 18.1. The van der Waals surface area contributed by atoms with Crippen LogP contribution in [0.25, 0.3) is 0 Å². The Morgan fingerprint density at radius 3 is 1.93 bits per heavy atom. The van der Waals surface area contributed by atoms with Crippen LogP contribution in [0.3, 0.4) is 0 Å². The normalized spacial score (nSPS) is 28.0. The fourth-order valence-electron chi connectivity index (χ4n) is 3.69. The maximum atomic E-state index is 12.5. The number of carbonyl (C=O) groups is 4. The monoisotopic (exact) mass is 453 g/mol. The second-order valence-electron chi connectivity index (χ2n) is 6.87. The molecule has 12 heteroatoms. The number of carbonyl (C=O) groups excluding carboxylic acids is 4. The van der Waals surface area contributed by atoms with Crippen LogP contribution in [0.5, 0.6) is 0 Å². The Balaban J connectivity index is 0.00000450. The Hall–Kier alpha value is -2.27. The van der Waals surface area contributed by atoms with E-state index in [-0.39, 0.29) is 31.5 Å². The van der Waals surface area contributed by atoms with Gasteiger partial charge in [-0.25, -0.2) is 14.4 Å². The van der Waals surface area contributed by atoms with Crippen LogP contribution in [0, 0.1) is 17.8 Å². The molecule has 2 N–H and O–H groups in total. The molecular weight excluding hydrogens is 426 g/mol. The predicted octanol–water partition coefficient (Wildman–Crippen LogP) is 1.89. The third-order valence-electron chi connectivity index (χ3n) is 4.91. The number of halogens is 1. The van der Waals surface area contributed by atoms with Gasteiger partial charge in [-0.1, -0.05) is 0 Å². The fourth-order valence-corrected chi connectivity index (χ4v) is 3.69. The van der Waals surface area contributed by atoms with Crippen molar-refractivity contribution in [3.05, 3.63) is 0 Å². The Kier molecular flexibility index (Phi) is 9.16. The third kappa shape index (κ3) is 5.88. The van der Waals surface area contributed by atoms with Crippen LogP contribution in [-0.2, 0) is 38.0 Å². The Bertz CT molecular complexity index is 659. The summed E-state index contributed by atoms with van der Waals surface area (Å²) in [7, 11) is 0. The number of esters is 2. The molecule has 2 unspecified atom stereocenters. The van der Waals surface area contributed by atoms with Crippen LogP contribution < -0.4 is 5.73 Å². The van der Waals surface area contributed by atoms with Crippen molar-refractivity contribution in [2.24, 2.45) is 23.5 Å². The van der Waals surface area contributed by atoms with Gasteiger partial charge < -0.3 is 34.2 Å². The molecule has 0 aromatic heterocycles. The standard InChI is InChI=1S/C18H27NO10.ClH/c1-5-24-16(22)28-9(3)26-14(20)12-11-7-8-18(19,13(11)12)15(21)27-10(4)29-17(23)25-6-2;/h9-13H,5-8,19H2,1-4H3;1H/t9?,10?,11-,12-,13-,18-;/m0./s1. The lowest BCUT2D eigenvalue weighted by atomic mass is 9.91. The summed E-state index contributed by atoms with van der Waals surface area (Å²) in [5, 5.41) is 0. The molecule has 6 atom stereocenters. The summed E-state index contributed by atoms with van der Waals surface area (Å²) >= 11 is 0. The number of hydrogen-bond donors (Lipinski definition) is 1. The van der Waals surface area contributed by atoms with E-state index in [4.69, 9.17) is 24.7 Å². The van der Waals surface area contributed by atoms with E-state index in [1.165, 1.54) is 13.8 Å². The van der Waals surface area contributed by atoms with Gasteiger partial charge in [0.15, 0.2) is 0 Å². The van der Waals surface area contributed by atoms with Gasteiger partial charge in [0.1, 0.15) is 5.54 Å². The van der Waals surface area contributed by atoms with Crippen LogP contribution in [0.1, 0.15) is 40.5 Å². The Morgan fingerprint density at radius 2 is 1.43 bits per heavy atom. The van der Waals surface area contributed by atoms with Crippen LogP contribution in [0.4, 0.5) is 9.59 Å². The number of hydrogen-bond acceptors (Lipinski definition) is 11. The van der Waals surface area contributed by atoms with E-state index >= 15 is 0 Å². The minimum Gasteiger partial charge on any atom is -0.435 e. The zero-order chi connectivity index (χ0) is 21.8. The highest BCUT2D eigenvalue weighted by Crippen LogP contribution is 2.62. The molecule has 0 amide bonds. The summed E-state index contributed by atoms with van der Waals surface area (Å²) in [6.07, 6.45) is -3.38. The van der Waals surface area contributed by atoms with Gasteiger partial charge in [-0.15, -0.1) is 12.4 Å². The summed E-state index contributed by atoms with van der Waals surface area (Å²) in [5.74, 6) is -2.58. The summed E-state index contributed by atoms with van der Waals surface area (Å²) in [4.78, 5) is 47.5. The van der Waals surface area contributed by atoms with Crippen molar-refractivity contribution < 1.29 is 47.6 Å². The third-order valence-corrected chi connectivity index (χ3v) is 4.91. The maximum absolute atomic E-state index is 12.5. The predicted molar refractivity (Wildman–Crippen MR) is 101 cm³/mol. The van der Waals surface area contributed by atoms with E-state index in [1.54, 1.807) is 13.8 Å². The van der Waals surface area contributed by atoms with Gasteiger partial charge in [-0.2, -0.15) is 0 Å². The Labute approximate surface area is 180 Å². The van der Waals surface area contributed by atoms with Crippen molar-refractivity contribution in [3.63, 3.8) is 0 Å². The van der Waals surface area contributed by atoms with Gasteiger partial charge in [-0.05, 0) is 32.6 Å². The largest absolute Gasteiger partial charge is 0.511 e. The molecule has 2 fully saturated rings. The highest BCUT2D eigenvalue weighted by atomic mass is 35.5. The van der Waals surface area contributed by atoms with E-state index in [9.17, 15) is 19.2 Å². The van der Waals surface area contributed by atoms with Gasteiger partial charge in [0.05, 0.1) is 19.1 Å². The van der Waals surface area contributed by atoms with Crippen molar-refractivity contribution in [3.8, 4) is 0 Å². The van der Waals surface area contributed by atoms with Crippen LogP contribution in [-0.4, -0.2) is 55.6 Å². The van der Waals surface area contributed by atoms with E-state index in [0.29, 0.717) is 12.8 Å². The van der Waals surface area contributed by atoms with Crippen molar-refractivity contribution in [1.29, 1.82) is 0 Å². The summed E-state index contributed by atoms with van der Waals surface area (Å²) in [6.45, 7) is 6.20. The van der Waals surface area contributed by atoms with Crippen molar-refractivity contribution >= 4 is 36.7 Å². The molecule has 0 radical (unpaired) electrons. The molecular formula is C18H28ClNO10. The molecule has 2 rings (SSSR count). The van der Waals surface area contributed by atoms with E-state index in [0.717, 1.165) is 0 Å². The topological polar surface area (TPSA) is 150 Å². The number of rotatable bonds is 8. The average molecular weight is 454 g/mol. The average Bonchev–Trinajstić information content (AvgIpc) is 3.25. The molecule has 0 spiro atoms. The minimum atomic E-state index is -1.40. The molecule has 2 saturated carbocycles. The van der Waals surface area contributed by atoms with Crippen LogP contribution in [0.15, 0.2) is 0 Å². The molecule has 0 bridgehead atoms. The van der Waals surface area contributed by atoms with Crippen LogP contribution in [0.2, 0.25) is 0 Å². The number of nitrogens with two attached hydrogens (primary N) is 1. The van der Waals surface area contributed by atoms with Gasteiger partial charge in [0.25, 0.3) is 0 Å². The van der Waals surface area contributed by atoms with Crippen molar-refractivity contribution in [2.75, 3.05) is 13.2 Å². The molecule has 2 aliphatic carbocycles. The second kappa shape index (κ2) is 10.7. The summed E-state index contributed by atoms with van der Waals surface area (Å²) < 4.78 is 29.0. The first-order valence-electron chi connectivity index (χ1n) is 9.51. The first-order chi connectivity index (χ1) is 13.6. The molecule has 0 aromatic carbocycles. The van der Waals surface area contributed by atoms with Gasteiger partial charge in [0.2, 0.25) is 12.6 Å². The van der Waals surface area contributed by atoms with Crippen molar-refractivity contribution in [1.82, 2.24) is 0 Å². The molecule has 11 nitrogen and oxygen atoms in total. The van der Waals surface area contributed by atoms with E-state index in [1.807, 2.05) is 0 Å². The van der Waals surface area contributed by atoms with Gasteiger partial charge >= 0.3 is 24.2 Å².